The van der Waals surface area contributed by atoms with Gasteiger partial charge in [0.2, 0.25) is 5.88 Å². The summed E-state index contributed by atoms with van der Waals surface area (Å²) in [5.41, 5.74) is 4.36. The molecule has 0 fully saturated rings. The third-order valence-corrected chi connectivity index (χ3v) is 2.85. The smallest absolute Gasteiger partial charge is 0.211 e. The van der Waals surface area contributed by atoms with Gasteiger partial charge in [0.15, 0.2) is 0 Å². The SMILES string of the molecule is Cc1nn(C)cc1-c1cnc2ccc(O)nc2c1. The maximum absolute atomic E-state index is 9.40. The van der Waals surface area contributed by atoms with Crippen molar-refractivity contribution in [3.8, 4) is 17.0 Å². The van der Waals surface area contributed by atoms with Gasteiger partial charge in [0.05, 0.1) is 16.7 Å². The first-order valence-electron chi connectivity index (χ1n) is 5.60. The lowest BCUT2D eigenvalue weighted by Gasteiger charge is -2.01. The lowest BCUT2D eigenvalue weighted by molar-refractivity contribution is 0.456. The second-order valence-corrected chi connectivity index (χ2v) is 4.23. The van der Waals surface area contributed by atoms with Crippen molar-refractivity contribution in [2.75, 3.05) is 0 Å². The van der Waals surface area contributed by atoms with Crippen LogP contribution in [0.25, 0.3) is 22.2 Å². The number of hydrogen-bond donors (Lipinski definition) is 1. The number of fused-ring (bicyclic) bond motifs is 1. The summed E-state index contributed by atoms with van der Waals surface area (Å²) in [6, 6.07) is 5.19. The van der Waals surface area contributed by atoms with Gasteiger partial charge in [-0.15, -0.1) is 0 Å². The van der Waals surface area contributed by atoms with Gasteiger partial charge in [-0.25, -0.2) is 4.98 Å². The Morgan fingerprint density at radius 2 is 2.06 bits per heavy atom. The third kappa shape index (κ3) is 1.69. The zero-order chi connectivity index (χ0) is 12.7. The highest BCUT2D eigenvalue weighted by atomic mass is 16.3. The number of aromatic hydroxyl groups is 1. The maximum atomic E-state index is 9.40. The Morgan fingerprint density at radius 3 is 2.78 bits per heavy atom. The summed E-state index contributed by atoms with van der Waals surface area (Å²) in [7, 11) is 1.88. The van der Waals surface area contributed by atoms with E-state index in [4.69, 9.17) is 0 Å². The van der Waals surface area contributed by atoms with E-state index < -0.39 is 0 Å². The van der Waals surface area contributed by atoms with E-state index in [9.17, 15) is 5.11 Å². The van der Waals surface area contributed by atoms with Crippen LogP contribution < -0.4 is 0 Å². The second-order valence-electron chi connectivity index (χ2n) is 4.23. The third-order valence-electron chi connectivity index (χ3n) is 2.85. The Morgan fingerprint density at radius 1 is 1.22 bits per heavy atom. The number of aryl methyl sites for hydroxylation is 2. The molecule has 3 heterocycles. The van der Waals surface area contributed by atoms with Crippen LogP contribution in [0.3, 0.4) is 0 Å². The highest BCUT2D eigenvalue weighted by Crippen LogP contribution is 2.24. The highest BCUT2D eigenvalue weighted by molar-refractivity contribution is 5.80. The number of hydrogen-bond acceptors (Lipinski definition) is 4. The average Bonchev–Trinajstić information content (AvgIpc) is 2.67. The van der Waals surface area contributed by atoms with E-state index in [-0.39, 0.29) is 5.88 Å². The molecule has 0 aliphatic heterocycles. The lowest BCUT2D eigenvalue weighted by Crippen LogP contribution is -1.86. The fraction of sp³-hybridized carbons (Fsp3) is 0.154. The van der Waals surface area contributed by atoms with Crippen LogP contribution in [-0.4, -0.2) is 24.9 Å². The summed E-state index contributed by atoms with van der Waals surface area (Å²) < 4.78 is 1.77. The van der Waals surface area contributed by atoms with E-state index in [1.54, 1.807) is 16.9 Å². The Hall–Kier alpha value is -2.43. The van der Waals surface area contributed by atoms with Gasteiger partial charge in [0, 0.05) is 36.6 Å². The van der Waals surface area contributed by atoms with E-state index in [1.165, 1.54) is 6.07 Å². The minimum absolute atomic E-state index is 0.00404. The van der Waals surface area contributed by atoms with Crippen LogP contribution in [-0.2, 0) is 7.05 Å². The summed E-state index contributed by atoms with van der Waals surface area (Å²) in [5.74, 6) is 0.00404. The average molecular weight is 240 g/mol. The molecule has 0 amide bonds. The van der Waals surface area contributed by atoms with E-state index in [0.717, 1.165) is 22.3 Å². The summed E-state index contributed by atoms with van der Waals surface area (Å²) in [5, 5.41) is 13.7. The van der Waals surface area contributed by atoms with E-state index >= 15 is 0 Å². The normalized spacial score (nSPS) is 11.0. The minimum atomic E-state index is 0.00404. The van der Waals surface area contributed by atoms with E-state index in [0.29, 0.717) is 5.52 Å². The molecular formula is C13H12N4O. The van der Waals surface area contributed by atoms with Crippen molar-refractivity contribution in [1.29, 1.82) is 0 Å². The van der Waals surface area contributed by atoms with Crippen LogP contribution in [0, 0.1) is 6.92 Å². The topological polar surface area (TPSA) is 63.8 Å². The molecule has 3 aromatic heterocycles. The molecule has 0 radical (unpaired) electrons. The molecular weight excluding hydrogens is 228 g/mol. The Labute approximate surface area is 104 Å². The van der Waals surface area contributed by atoms with Crippen LogP contribution in [0.4, 0.5) is 0 Å². The summed E-state index contributed by atoms with van der Waals surface area (Å²) in [6.07, 6.45) is 3.74. The van der Waals surface area contributed by atoms with Gasteiger partial charge >= 0.3 is 0 Å². The van der Waals surface area contributed by atoms with Crippen molar-refractivity contribution >= 4 is 11.0 Å². The molecule has 1 N–H and O–H groups in total. The molecule has 5 heteroatoms. The van der Waals surface area contributed by atoms with Gasteiger partial charge in [-0.2, -0.15) is 5.10 Å². The predicted octanol–water partition coefficient (Wildman–Crippen LogP) is 2.04. The fourth-order valence-electron chi connectivity index (χ4n) is 2.03. The van der Waals surface area contributed by atoms with Crippen LogP contribution in [0.1, 0.15) is 5.69 Å². The van der Waals surface area contributed by atoms with Crippen molar-refractivity contribution in [2.45, 2.75) is 6.92 Å². The fourth-order valence-corrected chi connectivity index (χ4v) is 2.03. The van der Waals surface area contributed by atoms with Crippen molar-refractivity contribution < 1.29 is 5.11 Å². The van der Waals surface area contributed by atoms with Gasteiger partial charge in [-0.1, -0.05) is 0 Å². The molecule has 3 aromatic rings. The molecule has 0 saturated heterocycles. The lowest BCUT2D eigenvalue weighted by atomic mass is 10.1. The van der Waals surface area contributed by atoms with Crippen molar-refractivity contribution in [1.82, 2.24) is 19.7 Å². The molecule has 0 saturated carbocycles. The van der Waals surface area contributed by atoms with Crippen LogP contribution in [0.5, 0.6) is 5.88 Å². The Kier molecular flexibility index (Phi) is 2.26. The second kappa shape index (κ2) is 3.80. The van der Waals surface area contributed by atoms with Crippen molar-refractivity contribution in [2.24, 2.45) is 7.05 Å². The number of rotatable bonds is 1. The molecule has 3 rings (SSSR count). The summed E-state index contributed by atoms with van der Waals surface area (Å²) in [4.78, 5) is 8.40. The van der Waals surface area contributed by atoms with Crippen LogP contribution in [0.2, 0.25) is 0 Å². The zero-order valence-electron chi connectivity index (χ0n) is 10.1. The molecule has 0 atom stereocenters. The van der Waals surface area contributed by atoms with Gasteiger partial charge in [0.25, 0.3) is 0 Å². The summed E-state index contributed by atoms with van der Waals surface area (Å²) in [6.45, 7) is 1.95. The molecule has 0 bridgehead atoms. The first kappa shape index (κ1) is 10.7. The molecule has 18 heavy (non-hydrogen) atoms. The van der Waals surface area contributed by atoms with Gasteiger partial charge < -0.3 is 5.11 Å². The first-order valence-corrected chi connectivity index (χ1v) is 5.60. The highest BCUT2D eigenvalue weighted by Gasteiger charge is 2.08. The van der Waals surface area contributed by atoms with Crippen molar-refractivity contribution in [3.63, 3.8) is 0 Å². The molecule has 0 aliphatic rings. The molecule has 0 aromatic carbocycles. The van der Waals surface area contributed by atoms with Crippen LogP contribution >= 0.6 is 0 Å². The molecule has 0 aliphatic carbocycles. The largest absolute Gasteiger partial charge is 0.493 e. The Bertz CT molecular complexity index is 733. The molecule has 0 unspecified atom stereocenters. The molecule has 90 valence electrons. The van der Waals surface area contributed by atoms with Gasteiger partial charge in [0.1, 0.15) is 0 Å². The standard InChI is InChI=1S/C13H12N4O/c1-8-10(7-17(2)16-8)9-5-12-11(14-6-9)3-4-13(18)15-12/h3-7H,1-2H3,(H,15,18). The molecule has 5 nitrogen and oxygen atoms in total. The van der Waals surface area contributed by atoms with Gasteiger partial charge in [-0.3, -0.25) is 9.67 Å². The number of nitrogens with zero attached hydrogens (tertiary/aromatic N) is 4. The molecule has 0 spiro atoms. The van der Waals surface area contributed by atoms with Crippen molar-refractivity contribution in [3.05, 3.63) is 36.3 Å². The number of pyridine rings is 2. The first-order chi connectivity index (χ1) is 8.63. The summed E-state index contributed by atoms with van der Waals surface area (Å²) >= 11 is 0. The predicted molar refractivity (Wildman–Crippen MR) is 68.1 cm³/mol. The Balaban J connectivity index is 2.21. The van der Waals surface area contributed by atoms with E-state index in [2.05, 4.69) is 15.1 Å². The van der Waals surface area contributed by atoms with E-state index in [1.807, 2.05) is 26.2 Å². The van der Waals surface area contributed by atoms with Crippen LogP contribution in [0.15, 0.2) is 30.6 Å². The minimum Gasteiger partial charge on any atom is -0.493 e. The zero-order valence-corrected chi connectivity index (χ0v) is 10.1. The van der Waals surface area contributed by atoms with Gasteiger partial charge in [-0.05, 0) is 19.1 Å². The maximum Gasteiger partial charge on any atom is 0.211 e. The number of aromatic nitrogens is 4. The monoisotopic (exact) mass is 240 g/mol. The quantitative estimate of drug-likeness (QED) is 0.707.